The Morgan fingerprint density at radius 3 is 2.44 bits per heavy atom. The number of ether oxygens (including phenoxy) is 2. The smallest absolute Gasteiger partial charge is 0.310 e. The lowest BCUT2D eigenvalue weighted by Crippen LogP contribution is -2.10. The van der Waals surface area contributed by atoms with Crippen molar-refractivity contribution in [3.63, 3.8) is 0 Å². The highest BCUT2D eigenvalue weighted by Crippen LogP contribution is 2.26. The van der Waals surface area contributed by atoms with Gasteiger partial charge in [-0.3, -0.25) is 4.79 Å². The summed E-state index contributed by atoms with van der Waals surface area (Å²) in [5, 5.41) is 9.70. The van der Waals surface area contributed by atoms with E-state index in [1.807, 2.05) is 0 Å². The van der Waals surface area contributed by atoms with Gasteiger partial charge in [-0.1, -0.05) is 76.7 Å². The number of rotatable bonds is 18. The van der Waals surface area contributed by atoms with Crippen molar-refractivity contribution in [1.82, 2.24) is 0 Å². The summed E-state index contributed by atoms with van der Waals surface area (Å²) < 4.78 is 10.7. The first-order valence-corrected chi connectivity index (χ1v) is 12.4. The molecule has 0 saturated carbocycles. The Morgan fingerprint density at radius 2 is 1.72 bits per heavy atom. The molecule has 0 aromatic heterocycles. The van der Waals surface area contributed by atoms with Crippen LogP contribution in [0.5, 0.6) is 11.5 Å². The lowest BCUT2D eigenvalue weighted by Gasteiger charge is -2.10. The molecule has 4 nitrogen and oxygen atoms in total. The zero-order valence-electron chi connectivity index (χ0n) is 20.5. The van der Waals surface area contributed by atoms with Crippen molar-refractivity contribution < 1.29 is 19.4 Å². The normalized spacial score (nSPS) is 11.8. The van der Waals surface area contributed by atoms with Crippen LogP contribution in [0.15, 0.2) is 42.0 Å². The van der Waals surface area contributed by atoms with E-state index in [1.165, 1.54) is 57.6 Å². The number of carbonyl (C=O) groups is 1. The third kappa shape index (κ3) is 13.2. The molecule has 1 rings (SSSR count). The summed E-state index contributed by atoms with van der Waals surface area (Å²) in [4.78, 5) is 12.4. The number of hydrogen-bond donors (Lipinski definition) is 1. The maximum Gasteiger partial charge on any atom is 0.310 e. The summed E-state index contributed by atoms with van der Waals surface area (Å²) >= 11 is 0. The number of hydrogen-bond acceptors (Lipinski definition) is 4. The first-order chi connectivity index (χ1) is 15.6. The lowest BCUT2D eigenvalue weighted by atomic mass is 10.0. The van der Waals surface area contributed by atoms with Crippen LogP contribution in [-0.4, -0.2) is 24.8 Å². The number of methoxy groups -OCH3 is 1. The first kappa shape index (κ1) is 27.8. The molecule has 0 spiro atoms. The van der Waals surface area contributed by atoms with Crippen molar-refractivity contribution in [3.05, 3.63) is 47.6 Å². The van der Waals surface area contributed by atoms with E-state index in [4.69, 9.17) is 9.47 Å². The zero-order valence-corrected chi connectivity index (χ0v) is 20.5. The Labute approximate surface area is 195 Å². The number of unbranched alkanes of at least 4 members (excludes halogenated alkanes) is 8. The van der Waals surface area contributed by atoms with E-state index in [0.717, 1.165) is 37.7 Å². The molecule has 0 radical (unpaired) electrons. The molecule has 0 bridgehead atoms. The van der Waals surface area contributed by atoms with E-state index in [1.54, 1.807) is 18.2 Å². The van der Waals surface area contributed by atoms with Crippen LogP contribution in [0.1, 0.15) is 96.5 Å². The number of phenolic OH excluding ortho intramolecular Hbond substituents is 1. The largest absolute Gasteiger partial charge is 0.504 e. The number of phenols is 1. The molecule has 0 aliphatic carbocycles. The van der Waals surface area contributed by atoms with E-state index >= 15 is 0 Å². The molecular weight excluding hydrogens is 400 g/mol. The molecule has 1 N–H and O–H groups in total. The van der Waals surface area contributed by atoms with Crippen LogP contribution >= 0.6 is 0 Å². The maximum absolute atomic E-state index is 12.4. The summed E-state index contributed by atoms with van der Waals surface area (Å²) in [6.07, 6.45) is 21.2. The van der Waals surface area contributed by atoms with Crippen molar-refractivity contribution in [1.29, 1.82) is 0 Å². The zero-order chi connectivity index (χ0) is 23.4. The molecule has 0 amide bonds. The molecular formula is C28H44O4. The highest BCUT2D eigenvalue weighted by Gasteiger charge is 2.09. The van der Waals surface area contributed by atoms with Crippen LogP contribution in [0.25, 0.3) is 0 Å². The Kier molecular flexibility index (Phi) is 15.9. The molecule has 0 atom stereocenters. The fourth-order valence-corrected chi connectivity index (χ4v) is 3.60. The Balaban J connectivity index is 2.48. The highest BCUT2D eigenvalue weighted by molar-refractivity contribution is 5.73. The van der Waals surface area contributed by atoms with Crippen molar-refractivity contribution in [2.24, 2.45) is 0 Å². The van der Waals surface area contributed by atoms with E-state index in [-0.39, 0.29) is 18.1 Å². The quantitative estimate of drug-likeness (QED) is 0.143. The minimum Gasteiger partial charge on any atom is -0.504 e. The number of benzene rings is 1. The predicted octanol–water partition coefficient (Wildman–Crippen LogP) is 7.69. The van der Waals surface area contributed by atoms with Gasteiger partial charge in [0.2, 0.25) is 0 Å². The first-order valence-electron chi connectivity index (χ1n) is 12.4. The Hall–Kier alpha value is -2.23. The molecule has 0 aliphatic rings. The second-order valence-electron chi connectivity index (χ2n) is 8.39. The second-order valence-corrected chi connectivity index (χ2v) is 8.39. The van der Waals surface area contributed by atoms with Gasteiger partial charge in [-0.2, -0.15) is 0 Å². The third-order valence-corrected chi connectivity index (χ3v) is 5.52. The van der Waals surface area contributed by atoms with Crippen LogP contribution in [-0.2, 0) is 16.0 Å². The minimum absolute atomic E-state index is 0.0670. The summed E-state index contributed by atoms with van der Waals surface area (Å²) in [5.74, 6) is 0.175. The molecule has 0 fully saturated rings. The van der Waals surface area contributed by atoms with Gasteiger partial charge in [0.1, 0.15) is 6.61 Å². The predicted molar refractivity (Wildman–Crippen MR) is 133 cm³/mol. The summed E-state index contributed by atoms with van der Waals surface area (Å²) in [6.45, 7) is 4.76. The van der Waals surface area contributed by atoms with Crippen LogP contribution in [0, 0.1) is 0 Å². The van der Waals surface area contributed by atoms with Gasteiger partial charge in [0, 0.05) is 0 Å². The van der Waals surface area contributed by atoms with Gasteiger partial charge in [-0.05, 0) is 61.8 Å². The number of allylic oxidation sites excluding steroid dienone is 3. The standard InChI is InChI=1S/C28H44O4/c1-4-6-8-10-11-12-14-16-18-24(17-15-13-9-7-5-2)23-32-28(30)22-25-19-20-26(29)27(21-25)31-3/h7,9,18-21,29H,4-6,8,10-17,22-23H2,1-3H3/b9-7+,24-18-. The maximum atomic E-state index is 12.4. The van der Waals surface area contributed by atoms with Gasteiger partial charge in [0.05, 0.1) is 13.5 Å². The molecule has 1 aromatic carbocycles. The van der Waals surface area contributed by atoms with Crippen molar-refractivity contribution in [2.75, 3.05) is 13.7 Å². The van der Waals surface area contributed by atoms with Crippen molar-refractivity contribution >= 4 is 5.97 Å². The van der Waals surface area contributed by atoms with E-state index < -0.39 is 0 Å². The Bertz CT molecular complexity index is 691. The fraction of sp³-hybridized carbons (Fsp3) is 0.607. The average Bonchev–Trinajstić information content (AvgIpc) is 2.79. The number of aromatic hydroxyl groups is 1. The van der Waals surface area contributed by atoms with E-state index in [9.17, 15) is 9.90 Å². The third-order valence-electron chi connectivity index (χ3n) is 5.52. The van der Waals surface area contributed by atoms with E-state index in [2.05, 4.69) is 32.1 Å². The average molecular weight is 445 g/mol. The molecule has 4 heteroatoms. The molecule has 0 saturated heterocycles. The number of esters is 1. The molecule has 0 heterocycles. The van der Waals surface area contributed by atoms with Gasteiger partial charge in [0.25, 0.3) is 0 Å². The number of carbonyl (C=O) groups excluding carboxylic acids is 1. The van der Waals surface area contributed by atoms with E-state index in [0.29, 0.717) is 12.4 Å². The molecule has 0 unspecified atom stereocenters. The fourth-order valence-electron chi connectivity index (χ4n) is 3.60. The summed E-state index contributed by atoms with van der Waals surface area (Å²) in [7, 11) is 1.50. The monoisotopic (exact) mass is 444 g/mol. The Morgan fingerprint density at radius 1 is 0.969 bits per heavy atom. The second kappa shape index (κ2) is 18.4. The molecule has 0 aliphatic heterocycles. The topological polar surface area (TPSA) is 55.8 Å². The van der Waals surface area contributed by atoms with Crippen LogP contribution in [0.2, 0.25) is 0 Å². The minimum atomic E-state index is -0.259. The van der Waals surface area contributed by atoms with Gasteiger partial charge < -0.3 is 14.6 Å². The SMILES string of the molecule is CC/C=C/CCC/C(=C/CCCCCCCCC)COC(=O)Cc1ccc(O)c(OC)c1. The molecule has 32 heavy (non-hydrogen) atoms. The van der Waals surface area contributed by atoms with Gasteiger partial charge in [-0.15, -0.1) is 0 Å². The van der Waals surface area contributed by atoms with Crippen LogP contribution in [0.4, 0.5) is 0 Å². The molecule has 180 valence electrons. The van der Waals surface area contributed by atoms with Crippen LogP contribution < -0.4 is 4.74 Å². The lowest BCUT2D eigenvalue weighted by molar-refractivity contribution is -0.141. The van der Waals surface area contributed by atoms with Crippen LogP contribution in [0.3, 0.4) is 0 Å². The van der Waals surface area contributed by atoms with Gasteiger partial charge >= 0.3 is 5.97 Å². The molecule has 1 aromatic rings. The summed E-state index contributed by atoms with van der Waals surface area (Å²) in [6, 6.07) is 4.93. The van der Waals surface area contributed by atoms with Crippen molar-refractivity contribution in [3.8, 4) is 11.5 Å². The highest BCUT2D eigenvalue weighted by atomic mass is 16.5. The summed E-state index contributed by atoms with van der Waals surface area (Å²) in [5.41, 5.74) is 1.99. The van der Waals surface area contributed by atoms with Crippen molar-refractivity contribution in [2.45, 2.75) is 97.3 Å². The van der Waals surface area contributed by atoms with Gasteiger partial charge in [-0.25, -0.2) is 0 Å². The van der Waals surface area contributed by atoms with Gasteiger partial charge in [0.15, 0.2) is 11.5 Å².